The van der Waals surface area contributed by atoms with Crippen LogP contribution in [0, 0.1) is 6.92 Å². The Morgan fingerprint density at radius 3 is 2.41 bits per heavy atom. The van der Waals surface area contributed by atoms with Gasteiger partial charge in [-0.1, -0.05) is 63.9 Å². The molecule has 1 aliphatic heterocycles. The number of ether oxygens (including phenoxy) is 1. The summed E-state index contributed by atoms with van der Waals surface area (Å²) >= 11 is 9.69. The lowest BCUT2D eigenvalue weighted by Crippen LogP contribution is -2.29. The molecule has 0 bridgehead atoms. The Bertz CT molecular complexity index is 1250. The highest BCUT2D eigenvalue weighted by atomic mass is 79.9. The van der Waals surface area contributed by atoms with Gasteiger partial charge in [-0.05, 0) is 42.8 Å². The molecule has 0 spiro atoms. The first kappa shape index (κ1) is 22.1. The number of Topliss-reactive ketones (excluding diaryl/α,β-unsaturated/α-hetero) is 1. The average Bonchev–Trinajstić information content (AvgIpc) is 3.06. The number of aryl methyl sites for hydroxylation is 1. The van der Waals surface area contributed by atoms with Crippen molar-refractivity contribution in [1.29, 1.82) is 0 Å². The number of aliphatic hydroxyl groups is 1. The maximum atomic E-state index is 13.2. The van der Waals surface area contributed by atoms with E-state index >= 15 is 0 Å². The van der Waals surface area contributed by atoms with Gasteiger partial charge in [0, 0.05) is 26.3 Å². The molecule has 0 radical (unpaired) electrons. The van der Waals surface area contributed by atoms with Crippen LogP contribution in [-0.2, 0) is 9.59 Å². The van der Waals surface area contributed by atoms with Crippen molar-refractivity contribution in [3.63, 3.8) is 0 Å². The Kier molecular flexibility index (Phi) is 6.09. The Hall–Kier alpha value is -3.09. The molecule has 0 aliphatic carbocycles. The first-order valence-electron chi connectivity index (χ1n) is 9.79. The Labute approximate surface area is 199 Å². The lowest BCUT2D eigenvalue weighted by molar-refractivity contribution is -0.132. The van der Waals surface area contributed by atoms with Crippen LogP contribution in [0.1, 0.15) is 22.7 Å². The summed E-state index contributed by atoms with van der Waals surface area (Å²) in [7, 11) is 1.52. The van der Waals surface area contributed by atoms with E-state index in [1.807, 2.05) is 6.92 Å². The largest absolute Gasteiger partial charge is 0.507 e. The molecule has 7 heteroatoms. The van der Waals surface area contributed by atoms with Crippen molar-refractivity contribution >= 4 is 50.7 Å². The van der Waals surface area contributed by atoms with Crippen molar-refractivity contribution in [3.8, 4) is 5.75 Å². The van der Waals surface area contributed by atoms with E-state index in [0.717, 1.165) is 10.0 Å². The van der Waals surface area contributed by atoms with E-state index in [2.05, 4.69) is 15.9 Å². The molecule has 5 nitrogen and oxygen atoms in total. The Morgan fingerprint density at radius 1 is 1.06 bits per heavy atom. The number of hydrogen-bond donors (Lipinski definition) is 1. The predicted molar refractivity (Wildman–Crippen MR) is 128 cm³/mol. The first-order valence-corrected chi connectivity index (χ1v) is 11.0. The highest BCUT2D eigenvalue weighted by Crippen LogP contribution is 2.45. The van der Waals surface area contributed by atoms with Gasteiger partial charge in [-0.15, -0.1) is 0 Å². The zero-order chi connectivity index (χ0) is 23.0. The van der Waals surface area contributed by atoms with Gasteiger partial charge in [0.25, 0.3) is 11.7 Å². The van der Waals surface area contributed by atoms with Crippen LogP contribution >= 0.6 is 27.5 Å². The number of nitrogens with zero attached hydrogens (tertiary/aromatic N) is 1. The monoisotopic (exact) mass is 511 g/mol. The summed E-state index contributed by atoms with van der Waals surface area (Å²) in [6.07, 6.45) is 0. The number of methoxy groups -OCH3 is 1. The molecule has 0 saturated carbocycles. The fourth-order valence-electron chi connectivity index (χ4n) is 3.78. The fraction of sp³-hybridized carbons (Fsp3) is 0.120. The lowest BCUT2D eigenvalue weighted by Gasteiger charge is -2.27. The zero-order valence-electron chi connectivity index (χ0n) is 17.3. The summed E-state index contributed by atoms with van der Waals surface area (Å²) in [5.41, 5.74) is 2.28. The topological polar surface area (TPSA) is 66.8 Å². The second-order valence-corrected chi connectivity index (χ2v) is 8.67. The number of halogens is 2. The van der Waals surface area contributed by atoms with Crippen LogP contribution in [-0.4, -0.2) is 23.9 Å². The third kappa shape index (κ3) is 3.80. The van der Waals surface area contributed by atoms with E-state index in [4.69, 9.17) is 16.3 Å². The van der Waals surface area contributed by atoms with Crippen molar-refractivity contribution in [3.05, 3.63) is 98.5 Å². The maximum Gasteiger partial charge on any atom is 0.300 e. The van der Waals surface area contributed by atoms with Crippen molar-refractivity contribution < 1.29 is 19.4 Å². The average molecular weight is 513 g/mol. The molecule has 1 unspecified atom stereocenters. The second-order valence-electron chi connectivity index (χ2n) is 7.35. The predicted octanol–water partition coefficient (Wildman–Crippen LogP) is 6.05. The van der Waals surface area contributed by atoms with E-state index in [1.54, 1.807) is 66.7 Å². The summed E-state index contributed by atoms with van der Waals surface area (Å²) in [5, 5.41) is 11.6. The van der Waals surface area contributed by atoms with Crippen LogP contribution in [0.15, 0.2) is 76.8 Å². The van der Waals surface area contributed by atoms with E-state index in [9.17, 15) is 14.7 Å². The molecule has 1 amide bonds. The van der Waals surface area contributed by atoms with Gasteiger partial charge in [-0.3, -0.25) is 14.5 Å². The van der Waals surface area contributed by atoms with Gasteiger partial charge < -0.3 is 9.84 Å². The standard InChI is InChI=1S/C25H19BrClNO4/c1-14-7-12-17(13-19(14)27)28-22(18-5-3-4-6-20(18)32-2)21(24(30)25(28)31)23(29)15-8-10-16(26)11-9-15/h3-13,22,29H,1-2H3/b23-21+. The number of rotatable bonds is 4. The summed E-state index contributed by atoms with van der Waals surface area (Å²) in [5.74, 6) is -1.30. The van der Waals surface area contributed by atoms with Gasteiger partial charge in [-0.25, -0.2) is 0 Å². The normalized spacial score (nSPS) is 17.6. The first-order chi connectivity index (χ1) is 15.3. The molecule has 3 aromatic carbocycles. The summed E-state index contributed by atoms with van der Waals surface area (Å²) < 4.78 is 6.34. The van der Waals surface area contributed by atoms with E-state index in [0.29, 0.717) is 27.6 Å². The molecular formula is C25H19BrClNO4. The fourth-order valence-corrected chi connectivity index (χ4v) is 4.22. The van der Waals surface area contributed by atoms with E-state index < -0.39 is 17.7 Å². The quantitative estimate of drug-likeness (QED) is 0.263. The molecule has 1 fully saturated rings. The van der Waals surface area contributed by atoms with Gasteiger partial charge in [-0.2, -0.15) is 0 Å². The number of carbonyl (C=O) groups is 2. The van der Waals surface area contributed by atoms with Crippen molar-refractivity contribution in [2.24, 2.45) is 0 Å². The molecule has 4 rings (SSSR count). The number of hydrogen-bond acceptors (Lipinski definition) is 4. The smallest absolute Gasteiger partial charge is 0.300 e. The number of carbonyl (C=O) groups excluding carboxylic acids is 2. The SMILES string of the molecule is COc1ccccc1C1/C(=C(\O)c2ccc(Br)cc2)C(=O)C(=O)N1c1ccc(C)c(Cl)c1. The molecular weight excluding hydrogens is 494 g/mol. The van der Waals surface area contributed by atoms with Crippen LogP contribution < -0.4 is 9.64 Å². The summed E-state index contributed by atoms with van der Waals surface area (Å²) in [4.78, 5) is 27.8. The number of benzene rings is 3. The summed E-state index contributed by atoms with van der Waals surface area (Å²) in [6.45, 7) is 1.85. The van der Waals surface area contributed by atoms with Gasteiger partial charge in [0.15, 0.2) is 0 Å². The molecule has 0 aromatic heterocycles. The minimum Gasteiger partial charge on any atom is -0.507 e. The van der Waals surface area contributed by atoms with Gasteiger partial charge in [0.2, 0.25) is 0 Å². The van der Waals surface area contributed by atoms with Gasteiger partial charge in [0.1, 0.15) is 11.5 Å². The van der Waals surface area contributed by atoms with Crippen molar-refractivity contribution in [2.75, 3.05) is 12.0 Å². The molecule has 1 aliphatic rings. The number of amides is 1. The molecule has 1 atom stereocenters. The number of anilines is 1. The van der Waals surface area contributed by atoms with E-state index in [1.165, 1.54) is 12.0 Å². The Balaban J connectivity index is 1.99. The van der Waals surface area contributed by atoms with Gasteiger partial charge in [0.05, 0.1) is 18.7 Å². The van der Waals surface area contributed by atoms with Crippen LogP contribution in [0.25, 0.3) is 5.76 Å². The summed E-state index contributed by atoms with van der Waals surface area (Å²) in [6, 6.07) is 18.2. The lowest BCUT2D eigenvalue weighted by atomic mass is 9.94. The molecule has 1 heterocycles. The van der Waals surface area contributed by atoms with Crippen molar-refractivity contribution in [1.82, 2.24) is 0 Å². The van der Waals surface area contributed by atoms with Gasteiger partial charge >= 0.3 is 0 Å². The number of para-hydroxylation sites is 1. The minimum atomic E-state index is -0.895. The molecule has 32 heavy (non-hydrogen) atoms. The van der Waals surface area contributed by atoms with Crippen molar-refractivity contribution in [2.45, 2.75) is 13.0 Å². The molecule has 1 N–H and O–H groups in total. The highest BCUT2D eigenvalue weighted by Gasteiger charge is 2.48. The van der Waals surface area contributed by atoms with Crippen LogP contribution in [0.2, 0.25) is 5.02 Å². The van der Waals surface area contributed by atoms with Crippen LogP contribution in [0.4, 0.5) is 5.69 Å². The molecule has 3 aromatic rings. The maximum absolute atomic E-state index is 13.2. The minimum absolute atomic E-state index is 0.0153. The molecule has 1 saturated heterocycles. The molecule has 162 valence electrons. The van der Waals surface area contributed by atoms with Crippen LogP contribution in [0.3, 0.4) is 0 Å². The van der Waals surface area contributed by atoms with E-state index in [-0.39, 0.29) is 11.3 Å². The zero-order valence-corrected chi connectivity index (χ0v) is 19.6. The number of ketones is 1. The highest BCUT2D eigenvalue weighted by molar-refractivity contribution is 9.10. The number of aliphatic hydroxyl groups excluding tert-OH is 1. The van der Waals surface area contributed by atoms with Crippen LogP contribution in [0.5, 0.6) is 5.75 Å². The second kappa shape index (κ2) is 8.81. The third-order valence-corrected chi connectivity index (χ3v) is 6.37. The third-order valence-electron chi connectivity index (χ3n) is 5.43. The Morgan fingerprint density at radius 2 is 1.75 bits per heavy atom.